The first-order chi connectivity index (χ1) is 19.4. The second-order valence-corrected chi connectivity index (χ2v) is 12.2. The van der Waals surface area contributed by atoms with Gasteiger partial charge in [0, 0.05) is 19.0 Å². The van der Waals surface area contributed by atoms with Crippen molar-refractivity contribution in [1.29, 1.82) is 0 Å². The molecule has 3 aliphatic rings. The van der Waals surface area contributed by atoms with Crippen molar-refractivity contribution in [2.45, 2.75) is 81.9 Å². The summed E-state index contributed by atoms with van der Waals surface area (Å²) in [4.78, 5) is 26.3. The molecule has 2 fully saturated rings. The maximum Gasteiger partial charge on any atom is 0.459 e. The Morgan fingerprint density at radius 1 is 1.32 bits per heavy atom. The summed E-state index contributed by atoms with van der Waals surface area (Å²) in [6, 6.07) is 6.13. The van der Waals surface area contributed by atoms with E-state index in [-0.39, 0.29) is 11.9 Å². The van der Waals surface area contributed by atoms with Crippen LogP contribution in [0.15, 0.2) is 54.9 Å². The number of urea groups is 1. The lowest BCUT2D eigenvalue weighted by molar-refractivity contribution is -0.209. The average Bonchev–Trinajstić information content (AvgIpc) is 3.13. The van der Waals surface area contributed by atoms with Gasteiger partial charge in [-0.05, 0) is 57.7 Å². The molecule has 0 spiro atoms. The molecule has 1 aromatic carbocycles. The number of aliphatic hydroxyl groups is 1. The van der Waals surface area contributed by atoms with Gasteiger partial charge in [-0.3, -0.25) is 14.2 Å². The molecule has 226 valence electrons. The van der Waals surface area contributed by atoms with Crippen LogP contribution in [0.25, 0.3) is 0 Å². The fourth-order valence-corrected chi connectivity index (χ4v) is 6.59. The van der Waals surface area contributed by atoms with Crippen LogP contribution in [-0.2, 0) is 28.1 Å². The fourth-order valence-electron chi connectivity index (χ4n) is 5.08. The highest BCUT2D eigenvalue weighted by molar-refractivity contribution is 7.52. The number of allylic oxidation sites excluding steroid dienone is 1. The number of alkyl halides is 1. The summed E-state index contributed by atoms with van der Waals surface area (Å²) in [7, 11) is -3.33. The van der Waals surface area contributed by atoms with Crippen molar-refractivity contribution in [1.82, 2.24) is 15.3 Å². The van der Waals surface area contributed by atoms with E-state index in [4.69, 9.17) is 23.3 Å². The minimum absolute atomic E-state index is 0.125. The number of carbonyl (C=O) groups excluding carboxylic acids is 2. The molecule has 2 aliphatic heterocycles. The summed E-state index contributed by atoms with van der Waals surface area (Å²) in [6.07, 6.45) is 3.70. The summed E-state index contributed by atoms with van der Waals surface area (Å²) >= 11 is 0. The molecule has 1 aliphatic carbocycles. The second-order valence-electron chi connectivity index (χ2n) is 10.5. The van der Waals surface area contributed by atoms with Gasteiger partial charge in [0.25, 0.3) is 5.85 Å². The number of rotatable bonds is 11. The Bertz CT molecular complexity index is 1190. The SMILES string of the molecule is C=C1C=CN([C@@H]2O[C@](F)(CO[P@](=O)(NC(C)C(=O)OC3CCCCC3)Oc3ccccc3)[C@@H](OC)[C@@]2(C)O)C(=O)N1. The summed E-state index contributed by atoms with van der Waals surface area (Å²) in [5, 5.41) is 16.2. The number of nitrogens with one attached hydrogen (secondary N) is 2. The van der Waals surface area contributed by atoms with Gasteiger partial charge in [-0.15, -0.1) is 0 Å². The number of para-hydroxylation sites is 1. The number of amides is 2. The molecule has 2 heterocycles. The van der Waals surface area contributed by atoms with Crippen LogP contribution in [0, 0.1) is 0 Å². The molecule has 0 radical (unpaired) electrons. The molecule has 0 bridgehead atoms. The number of carbonyl (C=O) groups is 2. The molecule has 1 unspecified atom stereocenters. The topological polar surface area (TPSA) is 145 Å². The summed E-state index contributed by atoms with van der Waals surface area (Å²) < 4.78 is 57.8. The predicted octanol–water partition coefficient (Wildman–Crippen LogP) is 3.88. The minimum atomic E-state index is -4.48. The van der Waals surface area contributed by atoms with Gasteiger partial charge in [0.15, 0.2) is 12.3 Å². The maximum atomic E-state index is 16.4. The van der Waals surface area contributed by atoms with Crippen LogP contribution in [0.4, 0.5) is 9.18 Å². The summed E-state index contributed by atoms with van der Waals surface area (Å²) in [5.41, 5.74) is -1.79. The Labute approximate surface area is 238 Å². The van der Waals surface area contributed by atoms with Crippen molar-refractivity contribution in [3.8, 4) is 5.75 Å². The Balaban J connectivity index is 1.53. The number of ether oxygens (including phenoxy) is 3. The van der Waals surface area contributed by atoms with Crippen molar-refractivity contribution in [2.24, 2.45) is 0 Å². The van der Waals surface area contributed by atoms with Gasteiger partial charge in [-0.2, -0.15) is 5.09 Å². The largest absolute Gasteiger partial charge is 0.461 e. The van der Waals surface area contributed by atoms with Crippen LogP contribution < -0.4 is 14.9 Å². The molecule has 14 heteroatoms. The van der Waals surface area contributed by atoms with E-state index >= 15 is 4.39 Å². The number of hydrogen-bond acceptors (Lipinski definition) is 9. The van der Waals surface area contributed by atoms with Gasteiger partial charge in [0.1, 0.15) is 30.1 Å². The monoisotopic (exact) mass is 597 g/mol. The number of nitrogens with zero attached hydrogens (tertiary/aromatic N) is 1. The first-order valence-corrected chi connectivity index (χ1v) is 15.0. The number of benzene rings is 1. The zero-order valence-corrected chi connectivity index (χ0v) is 24.2. The lowest BCUT2D eigenvalue weighted by Gasteiger charge is -2.35. The molecule has 4 rings (SSSR count). The molecule has 3 N–H and O–H groups in total. The van der Waals surface area contributed by atoms with E-state index in [0.29, 0.717) is 5.70 Å². The van der Waals surface area contributed by atoms with Gasteiger partial charge in [-0.1, -0.05) is 31.2 Å². The molecule has 2 amide bonds. The van der Waals surface area contributed by atoms with Crippen LogP contribution in [-0.4, -0.2) is 71.7 Å². The van der Waals surface area contributed by atoms with Gasteiger partial charge < -0.3 is 29.2 Å². The third-order valence-corrected chi connectivity index (χ3v) is 8.72. The quantitative estimate of drug-likeness (QED) is 0.254. The van der Waals surface area contributed by atoms with Crippen LogP contribution in [0.3, 0.4) is 0 Å². The third kappa shape index (κ3) is 7.17. The lowest BCUT2D eigenvalue weighted by atomic mass is 9.94. The van der Waals surface area contributed by atoms with E-state index in [9.17, 15) is 19.3 Å². The van der Waals surface area contributed by atoms with Gasteiger partial charge in [0.2, 0.25) is 0 Å². The van der Waals surface area contributed by atoms with Crippen LogP contribution >= 0.6 is 7.75 Å². The standard InChI is InChI=1S/C27H37FN3O9P/c1-18-15-16-31(25(33)29-18)24-26(3,34)23(36-4)27(28,39-24)17-37-41(35,40-21-13-9-6-10-14-21)30-19(2)22(32)38-20-11-7-5-8-12-20/h6,9-10,13-16,19-20,23-24,34H,1,5,7-8,11-12,17H2,2-4H3,(H,29,33)(H,30,35)/t19?,23-,24+,26+,27+,41+/m0/s1. The number of esters is 1. The van der Waals surface area contributed by atoms with E-state index in [1.165, 1.54) is 38.3 Å². The van der Waals surface area contributed by atoms with E-state index < -0.39 is 56.2 Å². The van der Waals surface area contributed by atoms with E-state index in [2.05, 4.69) is 17.0 Å². The molecule has 12 nitrogen and oxygen atoms in total. The van der Waals surface area contributed by atoms with Crippen molar-refractivity contribution in [2.75, 3.05) is 13.7 Å². The average molecular weight is 598 g/mol. The Morgan fingerprint density at radius 3 is 2.63 bits per heavy atom. The maximum absolute atomic E-state index is 16.4. The highest BCUT2D eigenvalue weighted by Crippen LogP contribution is 2.49. The molecule has 41 heavy (non-hydrogen) atoms. The zero-order valence-electron chi connectivity index (χ0n) is 23.3. The minimum Gasteiger partial charge on any atom is -0.461 e. The van der Waals surface area contributed by atoms with Crippen molar-refractivity contribution < 1.29 is 46.9 Å². The Kier molecular flexibility index (Phi) is 9.57. The third-order valence-electron chi connectivity index (χ3n) is 7.10. The van der Waals surface area contributed by atoms with E-state index in [0.717, 1.165) is 44.1 Å². The molecule has 1 saturated carbocycles. The van der Waals surface area contributed by atoms with Gasteiger partial charge >= 0.3 is 19.7 Å². The molecular formula is C27H37FN3O9P. The first-order valence-electron chi connectivity index (χ1n) is 13.4. The first kappa shape index (κ1) is 31.1. The van der Waals surface area contributed by atoms with E-state index in [1.54, 1.807) is 18.2 Å². The number of hydrogen-bond donors (Lipinski definition) is 3. The fraction of sp³-hybridized carbons (Fsp3) is 0.556. The summed E-state index contributed by atoms with van der Waals surface area (Å²) in [6.45, 7) is 5.23. The van der Waals surface area contributed by atoms with E-state index in [1.807, 2.05) is 0 Å². The highest BCUT2D eigenvalue weighted by atomic mass is 31.2. The summed E-state index contributed by atoms with van der Waals surface area (Å²) in [5.74, 6) is -3.44. The smallest absolute Gasteiger partial charge is 0.459 e. The molecular weight excluding hydrogens is 560 g/mol. The molecule has 0 aromatic heterocycles. The number of methoxy groups -OCH3 is 1. The molecule has 6 atom stereocenters. The van der Waals surface area contributed by atoms with Gasteiger partial charge in [-0.25, -0.2) is 13.8 Å². The van der Waals surface area contributed by atoms with Crippen LogP contribution in [0.5, 0.6) is 5.75 Å². The van der Waals surface area contributed by atoms with Crippen molar-refractivity contribution in [3.05, 3.63) is 54.9 Å². The number of halogens is 1. The Morgan fingerprint density at radius 2 is 2.00 bits per heavy atom. The van der Waals surface area contributed by atoms with Crippen molar-refractivity contribution in [3.63, 3.8) is 0 Å². The van der Waals surface area contributed by atoms with Crippen LogP contribution in [0.2, 0.25) is 0 Å². The second kappa shape index (κ2) is 12.6. The predicted molar refractivity (Wildman–Crippen MR) is 145 cm³/mol. The normalized spacial score (nSPS) is 30.9. The molecule has 1 aromatic rings. The lowest BCUT2D eigenvalue weighted by Crippen LogP contribution is -2.56. The molecule has 1 saturated heterocycles. The van der Waals surface area contributed by atoms with Gasteiger partial charge in [0.05, 0.1) is 0 Å². The van der Waals surface area contributed by atoms with Crippen molar-refractivity contribution >= 4 is 19.7 Å². The zero-order chi connectivity index (χ0) is 29.8. The van der Waals surface area contributed by atoms with Crippen LogP contribution in [0.1, 0.15) is 46.0 Å². The Hall–Kier alpha value is -2.80. The highest BCUT2D eigenvalue weighted by Gasteiger charge is 2.66.